The molecule has 0 spiro atoms. The number of phenols is 1. The van der Waals surface area contributed by atoms with Gasteiger partial charge in [0, 0.05) is 16.7 Å². The first-order valence-corrected chi connectivity index (χ1v) is 5.98. The van der Waals surface area contributed by atoms with Crippen molar-refractivity contribution in [1.82, 2.24) is 0 Å². The predicted octanol–water partition coefficient (Wildman–Crippen LogP) is 2.52. The molecule has 0 heterocycles. The van der Waals surface area contributed by atoms with E-state index in [2.05, 4.69) is 0 Å². The van der Waals surface area contributed by atoms with Gasteiger partial charge in [0.25, 0.3) is 0 Å². The van der Waals surface area contributed by atoms with Crippen LogP contribution in [0.3, 0.4) is 0 Å². The van der Waals surface area contributed by atoms with Gasteiger partial charge in [0.2, 0.25) is 5.91 Å². The van der Waals surface area contributed by atoms with Gasteiger partial charge in [-0.1, -0.05) is 6.07 Å². The summed E-state index contributed by atoms with van der Waals surface area (Å²) in [4.78, 5) is 11.1. The monoisotopic (exact) mass is 275 g/mol. The van der Waals surface area contributed by atoms with Crippen molar-refractivity contribution in [1.29, 1.82) is 0 Å². The maximum absolute atomic E-state index is 13.6. The van der Waals surface area contributed by atoms with Crippen LogP contribution in [-0.2, 0) is 6.61 Å². The number of rotatable bonds is 4. The lowest BCUT2D eigenvalue weighted by molar-refractivity contribution is 0.1000. The van der Waals surface area contributed by atoms with Crippen molar-refractivity contribution < 1.29 is 19.0 Å². The van der Waals surface area contributed by atoms with E-state index in [-0.39, 0.29) is 23.5 Å². The average molecular weight is 275 g/mol. The van der Waals surface area contributed by atoms with Gasteiger partial charge < -0.3 is 15.6 Å². The molecule has 0 saturated carbocycles. The second-order valence-corrected chi connectivity index (χ2v) is 4.36. The van der Waals surface area contributed by atoms with E-state index in [1.54, 1.807) is 19.1 Å². The molecule has 0 aliphatic heterocycles. The highest BCUT2D eigenvalue weighted by atomic mass is 19.1. The van der Waals surface area contributed by atoms with E-state index >= 15 is 0 Å². The molecular weight excluding hydrogens is 261 g/mol. The van der Waals surface area contributed by atoms with Crippen LogP contribution in [0, 0.1) is 12.7 Å². The van der Waals surface area contributed by atoms with Crippen molar-refractivity contribution in [2.24, 2.45) is 5.73 Å². The Labute approximate surface area is 115 Å². The van der Waals surface area contributed by atoms with Gasteiger partial charge in [-0.25, -0.2) is 4.39 Å². The number of nitrogens with two attached hydrogens (primary N) is 1. The van der Waals surface area contributed by atoms with E-state index < -0.39 is 11.7 Å². The van der Waals surface area contributed by atoms with Crippen LogP contribution >= 0.6 is 0 Å². The van der Waals surface area contributed by atoms with Crippen LogP contribution in [0.25, 0.3) is 0 Å². The maximum atomic E-state index is 13.6. The van der Waals surface area contributed by atoms with Gasteiger partial charge >= 0.3 is 0 Å². The predicted molar refractivity (Wildman–Crippen MR) is 72.1 cm³/mol. The summed E-state index contributed by atoms with van der Waals surface area (Å²) in [6, 6.07) is 8.69. The second kappa shape index (κ2) is 5.61. The van der Waals surface area contributed by atoms with Crippen LogP contribution in [0.1, 0.15) is 21.5 Å². The molecule has 0 atom stereocenters. The van der Waals surface area contributed by atoms with Gasteiger partial charge in [-0.3, -0.25) is 4.79 Å². The summed E-state index contributed by atoms with van der Waals surface area (Å²) in [5.74, 6) is -0.546. The minimum atomic E-state index is -0.625. The Hall–Kier alpha value is -2.56. The van der Waals surface area contributed by atoms with Crippen molar-refractivity contribution >= 4 is 5.91 Å². The topological polar surface area (TPSA) is 72.6 Å². The SMILES string of the molecule is Cc1c(O)cccc1OCc1cc(C(N)=O)ccc1F. The van der Waals surface area contributed by atoms with Crippen LogP contribution < -0.4 is 10.5 Å². The molecule has 3 N–H and O–H groups in total. The first-order chi connectivity index (χ1) is 9.49. The molecule has 0 bridgehead atoms. The molecule has 0 fully saturated rings. The summed E-state index contributed by atoms with van der Waals surface area (Å²) in [6.45, 7) is 1.64. The fourth-order valence-electron chi connectivity index (χ4n) is 1.75. The highest BCUT2D eigenvalue weighted by Crippen LogP contribution is 2.27. The zero-order valence-electron chi connectivity index (χ0n) is 10.9. The summed E-state index contributed by atoms with van der Waals surface area (Å²) >= 11 is 0. The quantitative estimate of drug-likeness (QED) is 0.900. The van der Waals surface area contributed by atoms with E-state index in [4.69, 9.17) is 10.5 Å². The van der Waals surface area contributed by atoms with Crippen LogP contribution in [0.4, 0.5) is 4.39 Å². The van der Waals surface area contributed by atoms with Crippen molar-refractivity contribution in [2.45, 2.75) is 13.5 Å². The molecule has 4 nitrogen and oxygen atoms in total. The minimum absolute atomic E-state index is 0.0583. The lowest BCUT2D eigenvalue weighted by Gasteiger charge is -2.11. The second-order valence-electron chi connectivity index (χ2n) is 4.36. The van der Waals surface area contributed by atoms with Gasteiger partial charge in [0.05, 0.1) is 0 Å². The number of phenolic OH excluding ortho intramolecular Hbond substituents is 1. The molecule has 2 aromatic rings. The Morgan fingerprint density at radius 2 is 2.10 bits per heavy atom. The van der Waals surface area contributed by atoms with E-state index in [1.165, 1.54) is 24.3 Å². The Morgan fingerprint density at radius 3 is 2.80 bits per heavy atom. The fourth-order valence-corrected chi connectivity index (χ4v) is 1.75. The third-order valence-electron chi connectivity index (χ3n) is 2.97. The van der Waals surface area contributed by atoms with Gasteiger partial charge in [-0.05, 0) is 37.3 Å². The smallest absolute Gasteiger partial charge is 0.248 e. The molecule has 0 aliphatic rings. The summed E-state index contributed by atoms with van der Waals surface area (Å²) < 4.78 is 19.1. The zero-order chi connectivity index (χ0) is 14.7. The van der Waals surface area contributed by atoms with Crippen LogP contribution in [-0.4, -0.2) is 11.0 Å². The number of hydrogen-bond acceptors (Lipinski definition) is 3. The number of carbonyl (C=O) groups excluding carboxylic acids is 1. The lowest BCUT2D eigenvalue weighted by Crippen LogP contribution is -2.12. The van der Waals surface area contributed by atoms with E-state index in [0.29, 0.717) is 11.3 Å². The lowest BCUT2D eigenvalue weighted by atomic mass is 10.1. The molecule has 2 rings (SSSR count). The van der Waals surface area contributed by atoms with Crippen molar-refractivity contribution in [2.75, 3.05) is 0 Å². The van der Waals surface area contributed by atoms with Crippen LogP contribution in [0.15, 0.2) is 36.4 Å². The first kappa shape index (κ1) is 13.9. The molecule has 104 valence electrons. The van der Waals surface area contributed by atoms with Crippen LogP contribution in [0.5, 0.6) is 11.5 Å². The third kappa shape index (κ3) is 2.88. The molecule has 20 heavy (non-hydrogen) atoms. The number of halogens is 1. The summed E-state index contributed by atoms with van der Waals surface area (Å²) in [5, 5.41) is 9.55. The molecule has 2 aromatic carbocycles. The minimum Gasteiger partial charge on any atom is -0.508 e. The number of amides is 1. The molecule has 0 aromatic heterocycles. The number of primary amides is 1. The highest BCUT2D eigenvalue weighted by Gasteiger charge is 2.09. The Balaban J connectivity index is 2.20. The van der Waals surface area contributed by atoms with Gasteiger partial charge in [0.15, 0.2) is 0 Å². The van der Waals surface area contributed by atoms with E-state index in [1.807, 2.05) is 0 Å². The van der Waals surface area contributed by atoms with Crippen LogP contribution in [0.2, 0.25) is 0 Å². The number of carbonyl (C=O) groups is 1. The number of benzene rings is 2. The van der Waals surface area contributed by atoms with Crippen molar-refractivity contribution in [3.05, 3.63) is 58.9 Å². The summed E-state index contributed by atoms with van der Waals surface area (Å²) in [5.41, 5.74) is 6.16. The molecule has 0 saturated heterocycles. The molecule has 5 heteroatoms. The number of aromatic hydroxyl groups is 1. The van der Waals surface area contributed by atoms with E-state index in [9.17, 15) is 14.3 Å². The van der Waals surface area contributed by atoms with Gasteiger partial charge in [-0.2, -0.15) is 0 Å². The Morgan fingerprint density at radius 1 is 1.35 bits per heavy atom. The molecule has 0 aliphatic carbocycles. The summed E-state index contributed by atoms with van der Waals surface area (Å²) in [6.07, 6.45) is 0. The average Bonchev–Trinajstić information content (AvgIpc) is 2.41. The zero-order valence-corrected chi connectivity index (χ0v) is 10.9. The fraction of sp³-hybridized carbons (Fsp3) is 0.133. The molecule has 0 radical (unpaired) electrons. The van der Waals surface area contributed by atoms with E-state index in [0.717, 1.165) is 0 Å². The van der Waals surface area contributed by atoms with Crippen molar-refractivity contribution in [3.63, 3.8) is 0 Å². The largest absolute Gasteiger partial charge is 0.508 e. The third-order valence-corrected chi connectivity index (χ3v) is 2.97. The standard InChI is InChI=1S/C15H14FNO3/c1-9-13(18)3-2-4-14(9)20-8-11-7-10(15(17)19)5-6-12(11)16/h2-7,18H,8H2,1H3,(H2,17,19). The first-order valence-electron chi connectivity index (χ1n) is 5.98. The Bertz CT molecular complexity index is 656. The highest BCUT2D eigenvalue weighted by molar-refractivity contribution is 5.92. The Kier molecular flexibility index (Phi) is 3.89. The molecular formula is C15H14FNO3. The van der Waals surface area contributed by atoms with Crippen molar-refractivity contribution in [3.8, 4) is 11.5 Å². The number of hydrogen-bond donors (Lipinski definition) is 2. The van der Waals surface area contributed by atoms with Gasteiger partial charge in [0.1, 0.15) is 23.9 Å². The molecule has 0 unspecified atom stereocenters. The summed E-state index contributed by atoms with van der Waals surface area (Å²) in [7, 11) is 0. The maximum Gasteiger partial charge on any atom is 0.248 e. The number of ether oxygens (including phenoxy) is 1. The molecule has 1 amide bonds. The van der Waals surface area contributed by atoms with Gasteiger partial charge in [-0.15, -0.1) is 0 Å². The normalized spacial score (nSPS) is 10.3.